The van der Waals surface area contributed by atoms with Crippen molar-refractivity contribution in [3.63, 3.8) is 0 Å². The van der Waals surface area contributed by atoms with Crippen LogP contribution in [0.1, 0.15) is 5.56 Å². The highest BCUT2D eigenvalue weighted by atomic mass is 127. The number of fused-ring (bicyclic) bond motifs is 1. The normalized spacial score (nSPS) is 11.9. The summed E-state index contributed by atoms with van der Waals surface area (Å²) in [6.45, 7) is 0. The maximum absolute atomic E-state index is 5.76. The first-order valence-corrected chi connectivity index (χ1v) is 9.47. The summed E-state index contributed by atoms with van der Waals surface area (Å²) in [5.74, 6) is 0. The molecule has 5 heteroatoms. The molecule has 2 aromatic rings. The molecule has 0 atom stereocenters. The first-order chi connectivity index (χ1) is 9.24. The minimum atomic E-state index is -2.61. The van der Waals surface area contributed by atoms with E-state index in [0.717, 1.165) is 0 Å². The lowest BCUT2D eigenvalue weighted by molar-refractivity contribution is 0.120. The summed E-state index contributed by atoms with van der Waals surface area (Å²) in [7, 11) is 0.711. The third-order valence-corrected chi connectivity index (χ3v) is 6.72. The maximum atomic E-state index is 5.76. The Bertz CT molecular complexity index is 538. The van der Waals surface area contributed by atoms with E-state index in [9.17, 15) is 0 Å². The van der Waals surface area contributed by atoms with Gasteiger partial charge in [0.15, 0.2) is 0 Å². The van der Waals surface area contributed by atoms with Crippen LogP contribution >= 0.6 is 22.6 Å². The van der Waals surface area contributed by atoms with Crippen molar-refractivity contribution < 1.29 is 13.3 Å². The Morgan fingerprint density at radius 3 is 2.37 bits per heavy atom. The van der Waals surface area contributed by atoms with Gasteiger partial charge in [0.1, 0.15) is 0 Å². The predicted molar refractivity (Wildman–Crippen MR) is 87.4 cm³/mol. The van der Waals surface area contributed by atoms with Gasteiger partial charge in [-0.3, -0.25) is 0 Å². The summed E-state index contributed by atoms with van der Waals surface area (Å²) < 4.78 is 17.5. The van der Waals surface area contributed by atoms with Crippen molar-refractivity contribution in [1.29, 1.82) is 0 Å². The van der Waals surface area contributed by atoms with Crippen molar-refractivity contribution in [2.45, 2.75) is 6.04 Å². The molecule has 0 aliphatic carbocycles. The molecule has 0 spiro atoms. The number of benzene rings is 2. The lowest BCUT2D eigenvalue weighted by Crippen LogP contribution is -2.46. The van der Waals surface area contributed by atoms with E-state index in [4.69, 9.17) is 13.3 Å². The van der Waals surface area contributed by atoms with Crippen molar-refractivity contribution >= 4 is 42.2 Å². The second-order valence-corrected chi connectivity index (χ2v) is 7.61. The number of alkyl halides is 1. The van der Waals surface area contributed by atoms with E-state index in [-0.39, 0.29) is 0 Å². The first kappa shape index (κ1) is 14.9. The third-order valence-electron chi connectivity index (χ3n) is 3.18. The van der Waals surface area contributed by atoms with Crippen molar-refractivity contribution in [2.24, 2.45) is 0 Å². The lowest BCUT2D eigenvalue weighted by Gasteiger charge is -2.26. The van der Waals surface area contributed by atoms with Crippen molar-refractivity contribution in [1.82, 2.24) is 0 Å². The van der Waals surface area contributed by atoms with E-state index < -0.39 is 8.80 Å². The van der Waals surface area contributed by atoms with Crippen LogP contribution in [-0.4, -0.2) is 27.6 Å². The summed E-state index contributed by atoms with van der Waals surface area (Å²) in [5, 5.41) is 2.46. The molecule has 0 heterocycles. The molecule has 0 N–H and O–H groups in total. The second kappa shape index (κ2) is 6.80. The van der Waals surface area contributed by atoms with Crippen LogP contribution in [0.3, 0.4) is 0 Å². The lowest BCUT2D eigenvalue weighted by atomic mass is 10.1. The van der Waals surface area contributed by atoms with Gasteiger partial charge in [-0.1, -0.05) is 65.1 Å². The smallest absolute Gasteiger partial charge is 0.377 e. The maximum Gasteiger partial charge on any atom is 0.505 e. The molecular formula is C14H17IO3Si. The Balaban J connectivity index is 2.39. The fourth-order valence-corrected chi connectivity index (χ4v) is 5.32. The van der Waals surface area contributed by atoms with Crippen LogP contribution < -0.4 is 0 Å². The molecule has 0 aromatic heterocycles. The second-order valence-electron chi connectivity index (χ2n) is 4.16. The van der Waals surface area contributed by atoms with E-state index in [0.29, 0.717) is 10.7 Å². The van der Waals surface area contributed by atoms with Crippen molar-refractivity contribution in [3.8, 4) is 0 Å². The number of hydrogen-bond acceptors (Lipinski definition) is 3. The average molecular weight is 388 g/mol. The Morgan fingerprint density at radius 1 is 1.00 bits per heavy atom. The summed E-state index contributed by atoms with van der Waals surface area (Å²) in [5.41, 5.74) is 1.21. The average Bonchev–Trinajstić information content (AvgIpc) is 2.47. The van der Waals surface area contributed by atoms with Crippen LogP contribution in [0.5, 0.6) is 0 Å². The quantitative estimate of drug-likeness (QED) is 0.430. The fraction of sp³-hybridized carbons (Fsp3) is 0.286. The van der Waals surface area contributed by atoms with Crippen molar-refractivity contribution in [3.05, 3.63) is 48.0 Å². The number of halogens is 1. The molecule has 19 heavy (non-hydrogen) atoms. The van der Waals surface area contributed by atoms with Gasteiger partial charge in [-0.25, -0.2) is 0 Å². The Kier molecular flexibility index (Phi) is 5.34. The minimum Gasteiger partial charge on any atom is -0.377 e. The third kappa shape index (κ3) is 3.35. The summed E-state index contributed by atoms with van der Waals surface area (Å²) >= 11 is 2.17. The molecule has 3 nitrogen and oxygen atoms in total. The molecule has 0 saturated carbocycles. The molecule has 0 bridgehead atoms. The molecule has 0 radical (unpaired) electrons. The number of hydrogen-bond donors (Lipinski definition) is 0. The van der Waals surface area contributed by atoms with Gasteiger partial charge in [-0.05, 0) is 16.3 Å². The highest BCUT2D eigenvalue weighted by molar-refractivity contribution is 14.1. The van der Waals surface area contributed by atoms with Crippen molar-refractivity contribution in [2.75, 3.05) is 18.8 Å². The van der Waals surface area contributed by atoms with Crippen LogP contribution in [-0.2, 0) is 19.3 Å². The zero-order valence-corrected chi connectivity index (χ0v) is 14.2. The fourth-order valence-electron chi connectivity index (χ4n) is 2.16. The van der Waals surface area contributed by atoms with Gasteiger partial charge >= 0.3 is 8.80 Å². The number of rotatable bonds is 6. The zero-order valence-electron chi connectivity index (χ0n) is 11.1. The van der Waals surface area contributed by atoms with Gasteiger partial charge in [0.2, 0.25) is 0 Å². The first-order valence-electron chi connectivity index (χ1n) is 6.01. The van der Waals surface area contributed by atoms with E-state index in [2.05, 4.69) is 52.9 Å². The molecule has 0 amide bonds. The predicted octanol–water partition coefficient (Wildman–Crippen LogP) is 3.56. The molecule has 2 rings (SSSR count). The minimum absolute atomic E-state index is 0.566. The molecule has 2 aromatic carbocycles. The van der Waals surface area contributed by atoms with Crippen LogP contribution in [0.2, 0.25) is 0 Å². The molecule has 0 aliphatic rings. The van der Waals surface area contributed by atoms with Gasteiger partial charge in [0.05, 0.1) is 4.61 Å². The van der Waals surface area contributed by atoms with E-state index in [1.54, 1.807) is 14.2 Å². The summed E-state index contributed by atoms with van der Waals surface area (Å²) in [6.07, 6.45) is 0. The van der Waals surface area contributed by atoms with Gasteiger partial charge in [0.25, 0.3) is 0 Å². The van der Waals surface area contributed by atoms with Crippen LogP contribution in [0.25, 0.3) is 10.8 Å². The Labute approximate surface area is 128 Å². The highest BCUT2D eigenvalue weighted by Crippen LogP contribution is 2.23. The largest absolute Gasteiger partial charge is 0.505 e. The van der Waals surface area contributed by atoms with Gasteiger partial charge in [0, 0.05) is 20.3 Å². The molecule has 0 unspecified atom stereocenters. The SMILES string of the molecule is CO[Si](Cc1cccc2ccccc12)(OC)OCI. The molecule has 0 saturated heterocycles. The molecule has 102 valence electrons. The Hall–Kier alpha value is -0.473. The van der Waals surface area contributed by atoms with Crippen LogP contribution in [0.4, 0.5) is 0 Å². The highest BCUT2D eigenvalue weighted by Gasteiger charge is 2.39. The molecule has 0 fully saturated rings. The van der Waals surface area contributed by atoms with E-state index in [1.807, 2.05) is 12.1 Å². The van der Waals surface area contributed by atoms with E-state index in [1.165, 1.54) is 16.3 Å². The van der Waals surface area contributed by atoms with Gasteiger partial charge < -0.3 is 13.3 Å². The zero-order chi connectivity index (χ0) is 13.7. The summed E-state index contributed by atoms with van der Waals surface area (Å²) in [4.78, 5) is 0. The van der Waals surface area contributed by atoms with Crippen LogP contribution in [0.15, 0.2) is 42.5 Å². The van der Waals surface area contributed by atoms with Gasteiger partial charge in [-0.2, -0.15) is 0 Å². The van der Waals surface area contributed by atoms with Crippen LogP contribution in [0, 0.1) is 0 Å². The summed E-state index contributed by atoms with van der Waals surface area (Å²) in [6, 6.07) is 15.3. The Morgan fingerprint density at radius 2 is 1.68 bits per heavy atom. The van der Waals surface area contributed by atoms with E-state index >= 15 is 0 Å². The standard InChI is InChI=1S/C14H17IO3Si/c1-16-19(17-2,18-11-15)10-13-8-5-7-12-6-3-4-9-14(12)13/h3-9H,10-11H2,1-2H3. The molecule has 0 aliphatic heterocycles. The monoisotopic (exact) mass is 388 g/mol. The molecular weight excluding hydrogens is 371 g/mol. The van der Waals surface area contributed by atoms with Gasteiger partial charge in [-0.15, -0.1) is 0 Å². The topological polar surface area (TPSA) is 27.7 Å².